The number of carbonyl (C=O) groups excluding carboxylic acids is 1. The molecule has 0 aliphatic rings. The molecule has 0 radical (unpaired) electrons. The summed E-state index contributed by atoms with van der Waals surface area (Å²) >= 11 is 1.12. The van der Waals surface area contributed by atoms with Gasteiger partial charge in [0.2, 0.25) is 0 Å². The Labute approximate surface area is 95.1 Å². The first-order valence-corrected chi connectivity index (χ1v) is 5.26. The molecule has 1 heterocycles. The molecule has 86 valence electrons. The number of rotatable bonds is 3. The summed E-state index contributed by atoms with van der Waals surface area (Å²) in [4.78, 5) is 11.7. The van der Waals surface area contributed by atoms with E-state index in [1.54, 1.807) is 11.4 Å². The van der Waals surface area contributed by atoms with Crippen LogP contribution in [0.1, 0.15) is 15.2 Å². The summed E-state index contributed by atoms with van der Waals surface area (Å²) in [6.45, 7) is -0.989. The minimum Gasteiger partial charge on any atom is -0.384 e. The quantitative estimate of drug-likeness (QED) is 0.783. The van der Waals surface area contributed by atoms with E-state index in [0.717, 1.165) is 11.3 Å². The number of nitrogens with one attached hydrogen (secondary N) is 1. The van der Waals surface area contributed by atoms with Gasteiger partial charge in [-0.05, 0) is 11.4 Å². The molecule has 0 aliphatic heterocycles. The molecule has 0 saturated carbocycles. The van der Waals surface area contributed by atoms with Crippen LogP contribution in [-0.2, 0) is 0 Å². The number of aliphatic hydroxyl groups excluding tert-OH is 1. The average Bonchev–Trinajstić information content (AvgIpc) is 2.71. The summed E-state index contributed by atoms with van der Waals surface area (Å²) in [7, 11) is 0. The number of hydrogen-bond donors (Lipinski definition) is 2. The molecule has 0 aliphatic carbocycles. The maximum atomic E-state index is 11.9. The summed E-state index contributed by atoms with van der Waals surface area (Å²) in [5.74, 6) is 4.40. The SMILES string of the molecule is O=C(NCC(F)F)c1sccc1C#CCO. The molecule has 1 rings (SSSR count). The third-order valence-corrected chi connectivity index (χ3v) is 2.50. The van der Waals surface area contributed by atoms with Crippen LogP contribution in [0, 0.1) is 11.8 Å². The lowest BCUT2D eigenvalue weighted by Crippen LogP contribution is -2.28. The summed E-state index contributed by atoms with van der Waals surface area (Å²) in [6, 6.07) is 1.60. The molecule has 0 aromatic carbocycles. The van der Waals surface area contributed by atoms with Gasteiger partial charge in [0.1, 0.15) is 11.5 Å². The molecule has 1 aromatic heterocycles. The van der Waals surface area contributed by atoms with Gasteiger partial charge in [-0.25, -0.2) is 8.78 Å². The van der Waals surface area contributed by atoms with E-state index in [9.17, 15) is 13.6 Å². The minimum atomic E-state index is -2.57. The molecule has 0 unspecified atom stereocenters. The highest BCUT2D eigenvalue weighted by Crippen LogP contribution is 2.15. The van der Waals surface area contributed by atoms with E-state index in [-0.39, 0.29) is 11.5 Å². The van der Waals surface area contributed by atoms with Crippen LogP contribution in [0.3, 0.4) is 0 Å². The number of aliphatic hydroxyl groups is 1. The van der Waals surface area contributed by atoms with Crippen LogP contribution in [0.5, 0.6) is 0 Å². The molecule has 0 saturated heterocycles. The first-order valence-electron chi connectivity index (χ1n) is 4.38. The Kier molecular flexibility index (Phi) is 4.89. The van der Waals surface area contributed by atoms with Crippen LogP contribution in [-0.4, -0.2) is 30.6 Å². The topological polar surface area (TPSA) is 49.3 Å². The molecule has 1 amide bonds. The van der Waals surface area contributed by atoms with E-state index in [4.69, 9.17) is 5.11 Å². The first-order chi connectivity index (χ1) is 7.65. The van der Waals surface area contributed by atoms with Crippen molar-refractivity contribution in [1.82, 2.24) is 5.32 Å². The smallest absolute Gasteiger partial charge is 0.262 e. The summed E-state index contributed by atoms with van der Waals surface area (Å²) in [5.41, 5.74) is 0.436. The van der Waals surface area contributed by atoms with Gasteiger partial charge in [0.15, 0.2) is 0 Å². The van der Waals surface area contributed by atoms with Gasteiger partial charge in [0, 0.05) is 5.56 Å². The maximum Gasteiger partial charge on any atom is 0.262 e. The van der Waals surface area contributed by atoms with E-state index in [1.165, 1.54) is 0 Å². The fourth-order valence-corrected chi connectivity index (χ4v) is 1.73. The number of thiophene rings is 1. The van der Waals surface area contributed by atoms with Crippen molar-refractivity contribution in [2.24, 2.45) is 0 Å². The third kappa shape index (κ3) is 3.61. The minimum absolute atomic E-state index is 0.279. The summed E-state index contributed by atoms with van der Waals surface area (Å²) in [5, 5.41) is 12.2. The van der Waals surface area contributed by atoms with Crippen molar-refractivity contribution >= 4 is 17.2 Å². The van der Waals surface area contributed by atoms with Crippen molar-refractivity contribution in [1.29, 1.82) is 0 Å². The normalized spacial score (nSPS) is 9.75. The van der Waals surface area contributed by atoms with Crippen LogP contribution in [0.25, 0.3) is 0 Å². The third-order valence-electron chi connectivity index (χ3n) is 1.59. The Bertz CT molecular complexity index is 420. The van der Waals surface area contributed by atoms with Crippen molar-refractivity contribution in [3.8, 4) is 11.8 Å². The summed E-state index contributed by atoms with van der Waals surface area (Å²) < 4.78 is 23.7. The molecule has 0 bridgehead atoms. The van der Waals surface area contributed by atoms with Crippen molar-refractivity contribution in [3.63, 3.8) is 0 Å². The average molecular weight is 245 g/mol. The Balaban J connectivity index is 2.72. The molecule has 3 nitrogen and oxygen atoms in total. The standard InChI is InChI=1S/C10H9F2NO2S/c11-8(12)6-13-10(15)9-7(2-1-4-14)3-5-16-9/h3,5,8,14H,4,6H2,(H,13,15). The molecule has 1 aromatic rings. The summed E-state index contributed by atoms with van der Waals surface area (Å²) in [6.07, 6.45) is -2.57. The second-order valence-corrected chi connectivity index (χ2v) is 3.64. The lowest BCUT2D eigenvalue weighted by molar-refractivity contribution is 0.0895. The molecule has 0 spiro atoms. The maximum absolute atomic E-state index is 11.9. The number of hydrogen-bond acceptors (Lipinski definition) is 3. The molecule has 2 N–H and O–H groups in total. The highest BCUT2D eigenvalue weighted by Gasteiger charge is 2.13. The van der Waals surface area contributed by atoms with Gasteiger partial charge >= 0.3 is 0 Å². The van der Waals surface area contributed by atoms with Gasteiger partial charge in [0.05, 0.1) is 6.54 Å². The van der Waals surface area contributed by atoms with Gasteiger partial charge in [-0.3, -0.25) is 4.79 Å². The first kappa shape index (κ1) is 12.6. The van der Waals surface area contributed by atoms with Crippen molar-refractivity contribution in [2.75, 3.05) is 13.2 Å². The van der Waals surface area contributed by atoms with E-state index in [1.807, 2.05) is 0 Å². The Morgan fingerprint density at radius 3 is 3.00 bits per heavy atom. The second kappa shape index (κ2) is 6.20. The lowest BCUT2D eigenvalue weighted by Gasteiger charge is -2.02. The van der Waals surface area contributed by atoms with Crippen molar-refractivity contribution < 1.29 is 18.7 Å². The second-order valence-electron chi connectivity index (χ2n) is 2.72. The fourth-order valence-electron chi connectivity index (χ4n) is 0.968. The predicted molar refractivity (Wildman–Crippen MR) is 56.6 cm³/mol. The van der Waals surface area contributed by atoms with E-state index in [2.05, 4.69) is 17.2 Å². The number of carbonyl (C=O) groups is 1. The molecular weight excluding hydrogens is 236 g/mol. The number of alkyl halides is 2. The van der Waals surface area contributed by atoms with Crippen LogP contribution >= 0.6 is 11.3 Å². The Morgan fingerprint density at radius 1 is 1.62 bits per heavy atom. The van der Waals surface area contributed by atoms with Crippen molar-refractivity contribution in [2.45, 2.75) is 6.43 Å². The zero-order valence-corrected chi connectivity index (χ0v) is 8.98. The highest BCUT2D eigenvalue weighted by atomic mass is 32.1. The van der Waals surface area contributed by atoms with Gasteiger partial charge in [-0.2, -0.15) is 0 Å². The van der Waals surface area contributed by atoms with Crippen LogP contribution in [0.15, 0.2) is 11.4 Å². The fraction of sp³-hybridized carbons (Fsp3) is 0.300. The molecule has 6 heteroatoms. The van der Waals surface area contributed by atoms with Gasteiger partial charge in [-0.1, -0.05) is 11.8 Å². The van der Waals surface area contributed by atoms with Crippen LogP contribution in [0.2, 0.25) is 0 Å². The van der Waals surface area contributed by atoms with Crippen LogP contribution in [0.4, 0.5) is 8.78 Å². The van der Waals surface area contributed by atoms with Crippen molar-refractivity contribution in [3.05, 3.63) is 21.9 Å². The van der Waals surface area contributed by atoms with Gasteiger partial charge < -0.3 is 10.4 Å². The van der Waals surface area contributed by atoms with E-state index >= 15 is 0 Å². The highest BCUT2D eigenvalue weighted by molar-refractivity contribution is 7.12. The van der Waals surface area contributed by atoms with E-state index in [0.29, 0.717) is 5.56 Å². The largest absolute Gasteiger partial charge is 0.384 e. The Morgan fingerprint density at radius 2 is 2.38 bits per heavy atom. The van der Waals surface area contributed by atoms with E-state index < -0.39 is 18.9 Å². The lowest BCUT2D eigenvalue weighted by atomic mass is 10.2. The van der Waals surface area contributed by atoms with Gasteiger partial charge in [0.25, 0.3) is 12.3 Å². The molecular formula is C10H9F2NO2S. The predicted octanol–water partition coefficient (Wildman–Crippen LogP) is 1.09. The van der Waals surface area contributed by atoms with Gasteiger partial charge in [-0.15, -0.1) is 11.3 Å². The number of halogens is 2. The molecule has 0 atom stereocenters. The Hall–Kier alpha value is -1.45. The zero-order valence-electron chi connectivity index (χ0n) is 8.17. The monoisotopic (exact) mass is 245 g/mol. The number of amides is 1. The molecule has 0 fully saturated rings. The molecule has 16 heavy (non-hydrogen) atoms. The zero-order chi connectivity index (χ0) is 12.0. The van der Waals surface area contributed by atoms with Crippen LogP contribution < -0.4 is 5.32 Å².